The third kappa shape index (κ3) is 2.22. The van der Waals surface area contributed by atoms with Gasteiger partial charge in [-0.15, -0.1) is 0 Å². The van der Waals surface area contributed by atoms with Gasteiger partial charge in [0, 0.05) is 5.56 Å². The Morgan fingerprint density at radius 2 is 1.70 bits per heavy atom. The number of fused-ring (bicyclic) bond motifs is 1. The predicted octanol–water partition coefficient (Wildman–Crippen LogP) is 5.18. The lowest BCUT2D eigenvalue weighted by Crippen LogP contribution is -2.14. The third-order valence-corrected chi connectivity index (χ3v) is 4.09. The van der Waals surface area contributed by atoms with Crippen LogP contribution >= 0.6 is 0 Å². The normalized spacial score (nSPS) is 11.9. The summed E-state index contributed by atoms with van der Waals surface area (Å²) in [6.07, 6.45) is 1.12. The molecule has 2 heteroatoms. The highest BCUT2D eigenvalue weighted by molar-refractivity contribution is 5.75. The van der Waals surface area contributed by atoms with Crippen molar-refractivity contribution >= 4 is 11.1 Å². The summed E-state index contributed by atoms with van der Waals surface area (Å²) in [6.45, 7) is 6.75. The minimum absolute atomic E-state index is 0.208. The molecule has 0 bridgehead atoms. The van der Waals surface area contributed by atoms with Crippen molar-refractivity contribution in [3.8, 4) is 11.5 Å². The lowest BCUT2D eigenvalue weighted by molar-refractivity contribution is 0.506. The van der Waals surface area contributed by atoms with E-state index in [0.717, 1.165) is 23.1 Å². The van der Waals surface area contributed by atoms with E-state index in [2.05, 4.69) is 50.0 Å². The molecule has 0 aliphatic carbocycles. The van der Waals surface area contributed by atoms with Crippen LogP contribution in [0.1, 0.15) is 32.8 Å². The van der Waals surface area contributed by atoms with Crippen molar-refractivity contribution in [1.29, 1.82) is 0 Å². The van der Waals surface area contributed by atoms with E-state index in [1.165, 1.54) is 5.56 Å². The van der Waals surface area contributed by atoms with E-state index in [1.54, 1.807) is 0 Å². The van der Waals surface area contributed by atoms with Crippen LogP contribution in [0, 0.1) is 0 Å². The van der Waals surface area contributed by atoms with Gasteiger partial charge in [0.15, 0.2) is 5.58 Å². The largest absolute Gasteiger partial charge is 0.436 e. The molecule has 1 heterocycles. The van der Waals surface area contributed by atoms with Crippen LogP contribution in [-0.2, 0) is 5.41 Å². The maximum Gasteiger partial charge on any atom is 0.227 e. The Morgan fingerprint density at radius 1 is 1.00 bits per heavy atom. The fourth-order valence-electron chi connectivity index (χ4n) is 2.26. The fraction of sp³-hybridized carbons (Fsp3) is 0.278. The Morgan fingerprint density at radius 3 is 2.35 bits per heavy atom. The molecule has 0 N–H and O–H groups in total. The topological polar surface area (TPSA) is 26.0 Å². The molecule has 0 atom stereocenters. The summed E-state index contributed by atoms with van der Waals surface area (Å²) in [6, 6.07) is 16.4. The standard InChI is InChI=1S/C18H19NO/c1-4-18(2,3)14-11-9-13(10-12-14)17-19-15-7-5-6-8-16(15)20-17/h5-12H,4H2,1-3H3. The molecule has 2 aromatic carbocycles. The molecule has 3 aromatic rings. The number of hydrogen-bond donors (Lipinski definition) is 0. The SMILES string of the molecule is CCC(C)(C)c1ccc(-c2nc3ccccc3o2)cc1. The van der Waals surface area contributed by atoms with E-state index < -0.39 is 0 Å². The van der Waals surface area contributed by atoms with Crippen LogP contribution in [0.3, 0.4) is 0 Å². The average Bonchev–Trinajstić information content (AvgIpc) is 2.91. The molecule has 0 unspecified atom stereocenters. The van der Waals surface area contributed by atoms with Gasteiger partial charge < -0.3 is 4.42 Å². The Kier molecular flexibility index (Phi) is 3.09. The van der Waals surface area contributed by atoms with Gasteiger partial charge in [0.1, 0.15) is 5.52 Å². The van der Waals surface area contributed by atoms with Crippen molar-refractivity contribution < 1.29 is 4.42 Å². The second-order valence-corrected chi connectivity index (χ2v) is 5.80. The Bertz CT molecular complexity index is 690. The van der Waals surface area contributed by atoms with Crippen molar-refractivity contribution in [1.82, 2.24) is 4.98 Å². The van der Waals surface area contributed by atoms with Crippen LogP contribution in [0.15, 0.2) is 52.9 Å². The first-order valence-corrected chi connectivity index (χ1v) is 7.06. The molecule has 20 heavy (non-hydrogen) atoms. The molecule has 0 amide bonds. The summed E-state index contributed by atoms with van der Waals surface area (Å²) < 4.78 is 5.79. The van der Waals surface area contributed by atoms with Gasteiger partial charge in [-0.3, -0.25) is 0 Å². The summed E-state index contributed by atoms with van der Waals surface area (Å²) in [7, 11) is 0. The molecular weight excluding hydrogens is 246 g/mol. The summed E-state index contributed by atoms with van der Waals surface area (Å²) >= 11 is 0. The van der Waals surface area contributed by atoms with E-state index in [0.29, 0.717) is 5.89 Å². The summed E-state index contributed by atoms with van der Waals surface area (Å²) in [5, 5.41) is 0. The number of rotatable bonds is 3. The highest BCUT2D eigenvalue weighted by Gasteiger charge is 2.18. The third-order valence-electron chi connectivity index (χ3n) is 4.09. The van der Waals surface area contributed by atoms with Crippen LogP contribution < -0.4 is 0 Å². The fourth-order valence-corrected chi connectivity index (χ4v) is 2.26. The minimum atomic E-state index is 0.208. The van der Waals surface area contributed by atoms with Crippen molar-refractivity contribution in [2.75, 3.05) is 0 Å². The van der Waals surface area contributed by atoms with Crippen LogP contribution in [-0.4, -0.2) is 4.98 Å². The van der Waals surface area contributed by atoms with E-state index >= 15 is 0 Å². The quantitative estimate of drug-likeness (QED) is 0.652. The zero-order valence-corrected chi connectivity index (χ0v) is 12.2. The monoisotopic (exact) mass is 265 g/mol. The first-order chi connectivity index (χ1) is 9.60. The van der Waals surface area contributed by atoms with E-state index in [4.69, 9.17) is 4.42 Å². The molecule has 1 aromatic heterocycles. The molecule has 0 saturated carbocycles. The predicted molar refractivity (Wildman–Crippen MR) is 82.8 cm³/mol. The molecular formula is C18H19NO. The van der Waals surface area contributed by atoms with Gasteiger partial charge in [0.25, 0.3) is 0 Å². The molecule has 0 aliphatic heterocycles. The maximum absolute atomic E-state index is 5.79. The van der Waals surface area contributed by atoms with Crippen molar-refractivity contribution in [2.45, 2.75) is 32.6 Å². The molecule has 0 aliphatic rings. The van der Waals surface area contributed by atoms with Gasteiger partial charge in [-0.05, 0) is 41.7 Å². The first kappa shape index (κ1) is 12.9. The summed E-state index contributed by atoms with van der Waals surface area (Å²) in [5.74, 6) is 0.687. The van der Waals surface area contributed by atoms with E-state index in [9.17, 15) is 0 Å². The van der Waals surface area contributed by atoms with Gasteiger partial charge in [-0.25, -0.2) is 4.98 Å². The Balaban J connectivity index is 1.98. The van der Waals surface area contributed by atoms with Crippen LogP contribution in [0.4, 0.5) is 0 Å². The molecule has 0 spiro atoms. The molecule has 0 saturated heterocycles. The van der Waals surface area contributed by atoms with Crippen molar-refractivity contribution in [3.05, 3.63) is 54.1 Å². The summed E-state index contributed by atoms with van der Waals surface area (Å²) in [4.78, 5) is 4.53. The van der Waals surface area contributed by atoms with Crippen LogP contribution in [0.25, 0.3) is 22.6 Å². The second-order valence-electron chi connectivity index (χ2n) is 5.80. The van der Waals surface area contributed by atoms with Crippen molar-refractivity contribution in [2.24, 2.45) is 0 Å². The number of hydrogen-bond acceptors (Lipinski definition) is 2. The molecule has 0 radical (unpaired) electrons. The van der Waals surface area contributed by atoms with Gasteiger partial charge >= 0.3 is 0 Å². The summed E-state index contributed by atoms with van der Waals surface area (Å²) in [5.41, 5.74) is 4.32. The highest BCUT2D eigenvalue weighted by Crippen LogP contribution is 2.29. The number of nitrogens with zero attached hydrogens (tertiary/aromatic N) is 1. The lowest BCUT2D eigenvalue weighted by atomic mass is 9.82. The minimum Gasteiger partial charge on any atom is -0.436 e. The molecule has 102 valence electrons. The van der Waals surface area contributed by atoms with Crippen LogP contribution in [0.2, 0.25) is 0 Å². The molecule has 0 fully saturated rings. The Labute approximate surface area is 119 Å². The van der Waals surface area contributed by atoms with Crippen molar-refractivity contribution in [3.63, 3.8) is 0 Å². The van der Waals surface area contributed by atoms with Gasteiger partial charge in [-0.2, -0.15) is 0 Å². The second kappa shape index (κ2) is 4.78. The zero-order valence-electron chi connectivity index (χ0n) is 12.2. The molecule has 3 rings (SSSR count). The van der Waals surface area contributed by atoms with Gasteiger partial charge in [0.2, 0.25) is 5.89 Å². The van der Waals surface area contributed by atoms with E-state index in [-0.39, 0.29) is 5.41 Å². The van der Waals surface area contributed by atoms with E-state index in [1.807, 2.05) is 24.3 Å². The zero-order chi connectivity index (χ0) is 14.2. The molecule has 2 nitrogen and oxygen atoms in total. The average molecular weight is 265 g/mol. The maximum atomic E-state index is 5.79. The van der Waals surface area contributed by atoms with Gasteiger partial charge in [0.05, 0.1) is 0 Å². The first-order valence-electron chi connectivity index (χ1n) is 7.06. The number of para-hydroxylation sites is 2. The number of benzene rings is 2. The van der Waals surface area contributed by atoms with Crippen LogP contribution in [0.5, 0.6) is 0 Å². The Hall–Kier alpha value is -2.09. The lowest BCUT2D eigenvalue weighted by Gasteiger charge is -2.23. The highest BCUT2D eigenvalue weighted by atomic mass is 16.3. The number of aromatic nitrogens is 1. The smallest absolute Gasteiger partial charge is 0.227 e. The number of oxazole rings is 1. The van der Waals surface area contributed by atoms with Gasteiger partial charge in [-0.1, -0.05) is 45.0 Å².